The Hall–Kier alpha value is -1.66. The lowest BCUT2D eigenvalue weighted by Gasteiger charge is -2.21. The predicted molar refractivity (Wildman–Crippen MR) is 70.0 cm³/mol. The molecule has 2 aliphatic rings. The third-order valence-corrected chi connectivity index (χ3v) is 4.18. The molecule has 1 amide bonds. The summed E-state index contributed by atoms with van der Waals surface area (Å²) in [6, 6.07) is 3.78. The SMILES string of the molecule is N#CCC1CCC(NCC(=O)N2CC(F)CC2C#N)C1. The molecule has 20 heavy (non-hydrogen) atoms. The molecule has 1 saturated heterocycles. The maximum atomic E-state index is 13.3. The molecule has 0 aromatic carbocycles. The molecule has 4 atom stereocenters. The molecule has 4 unspecified atom stereocenters. The summed E-state index contributed by atoms with van der Waals surface area (Å²) < 4.78 is 13.3. The Morgan fingerprint density at radius 1 is 1.35 bits per heavy atom. The fourth-order valence-corrected chi connectivity index (χ4v) is 3.09. The second-order valence-electron chi connectivity index (χ2n) is 5.64. The Kier molecular flexibility index (Phi) is 4.92. The summed E-state index contributed by atoms with van der Waals surface area (Å²) in [5, 5.41) is 20.7. The molecule has 0 aromatic rings. The standard InChI is InChI=1S/C14H19FN4O/c15-11-6-13(7-17)19(9-11)14(20)8-18-12-2-1-10(5-12)3-4-16/h10-13,18H,1-3,5-6,8-9H2. The topological polar surface area (TPSA) is 79.9 Å². The Morgan fingerprint density at radius 2 is 2.15 bits per heavy atom. The molecule has 1 aliphatic heterocycles. The molecule has 0 bridgehead atoms. The van der Waals surface area contributed by atoms with Crippen LogP contribution in [0.4, 0.5) is 4.39 Å². The van der Waals surface area contributed by atoms with Gasteiger partial charge in [-0.3, -0.25) is 4.79 Å². The summed E-state index contributed by atoms with van der Waals surface area (Å²) in [5.41, 5.74) is 0. The summed E-state index contributed by atoms with van der Waals surface area (Å²) in [6.07, 6.45) is 2.49. The zero-order chi connectivity index (χ0) is 14.5. The Morgan fingerprint density at radius 3 is 2.85 bits per heavy atom. The van der Waals surface area contributed by atoms with Crippen molar-refractivity contribution in [2.75, 3.05) is 13.1 Å². The van der Waals surface area contributed by atoms with Gasteiger partial charge in [0.05, 0.1) is 25.2 Å². The van der Waals surface area contributed by atoms with Crippen LogP contribution in [0.2, 0.25) is 0 Å². The first-order valence-corrected chi connectivity index (χ1v) is 7.07. The van der Waals surface area contributed by atoms with Gasteiger partial charge in [-0.15, -0.1) is 0 Å². The van der Waals surface area contributed by atoms with Crippen molar-refractivity contribution in [1.29, 1.82) is 10.5 Å². The number of carbonyl (C=O) groups excluding carboxylic acids is 1. The molecule has 6 heteroatoms. The molecule has 0 aromatic heterocycles. The van der Waals surface area contributed by atoms with Crippen molar-refractivity contribution in [1.82, 2.24) is 10.2 Å². The highest BCUT2D eigenvalue weighted by Gasteiger charge is 2.35. The van der Waals surface area contributed by atoms with Gasteiger partial charge in [-0.2, -0.15) is 10.5 Å². The fourth-order valence-electron chi connectivity index (χ4n) is 3.09. The number of hydrogen-bond acceptors (Lipinski definition) is 4. The molecule has 1 saturated carbocycles. The van der Waals surface area contributed by atoms with E-state index in [0.717, 1.165) is 19.3 Å². The van der Waals surface area contributed by atoms with E-state index < -0.39 is 12.2 Å². The van der Waals surface area contributed by atoms with Crippen LogP contribution in [-0.2, 0) is 4.79 Å². The zero-order valence-electron chi connectivity index (χ0n) is 11.4. The van der Waals surface area contributed by atoms with E-state index >= 15 is 0 Å². The summed E-state index contributed by atoms with van der Waals surface area (Å²) in [4.78, 5) is 13.4. The molecule has 108 valence electrons. The predicted octanol–water partition coefficient (Wildman–Crippen LogP) is 1.12. The van der Waals surface area contributed by atoms with Crippen molar-refractivity contribution in [2.45, 2.75) is 50.4 Å². The fraction of sp³-hybridized carbons (Fsp3) is 0.786. The van der Waals surface area contributed by atoms with Crippen LogP contribution < -0.4 is 5.32 Å². The van der Waals surface area contributed by atoms with Crippen molar-refractivity contribution in [3.05, 3.63) is 0 Å². The molecular weight excluding hydrogens is 259 g/mol. The van der Waals surface area contributed by atoms with E-state index in [1.54, 1.807) is 0 Å². The van der Waals surface area contributed by atoms with Crippen LogP contribution in [0.3, 0.4) is 0 Å². The number of alkyl halides is 1. The monoisotopic (exact) mass is 278 g/mol. The first-order chi connectivity index (χ1) is 9.63. The van der Waals surface area contributed by atoms with E-state index in [9.17, 15) is 9.18 Å². The van der Waals surface area contributed by atoms with Gasteiger partial charge in [-0.1, -0.05) is 0 Å². The highest BCUT2D eigenvalue weighted by Crippen LogP contribution is 2.27. The molecule has 1 aliphatic carbocycles. The number of halogens is 1. The third-order valence-electron chi connectivity index (χ3n) is 4.18. The third kappa shape index (κ3) is 3.46. The molecule has 5 nitrogen and oxygen atoms in total. The van der Waals surface area contributed by atoms with Gasteiger partial charge in [0.25, 0.3) is 0 Å². The van der Waals surface area contributed by atoms with Crippen LogP contribution in [0, 0.1) is 28.6 Å². The minimum Gasteiger partial charge on any atom is -0.323 e. The van der Waals surface area contributed by atoms with Crippen LogP contribution in [0.1, 0.15) is 32.1 Å². The van der Waals surface area contributed by atoms with Crippen LogP contribution in [0.25, 0.3) is 0 Å². The number of rotatable bonds is 4. The van der Waals surface area contributed by atoms with E-state index in [-0.39, 0.29) is 31.5 Å². The summed E-state index contributed by atoms with van der Waals surface area (Å²) >= 11 is 0. The lowest BCUT2D eigenvalue weighted by Crippen LogP contribution is -2.43. The van der Waals surface area contributed by atoms with Crippen molar-refractivity contribution >= 4 is 5.91 Å². The Labute approximate surface area is 118 Å². The lowest BCUT2D eigenvalue weighted by molar-refractivity contribution is -0.130. The molecular formula is C14H19FN4O. The highest BCUT2D eigenvalue weighted by molar-refractivity contribution is 5.79. The molecule has 0 spiro atoms. The number of carbonyl (C=O) groups is 1. The normalized spacial score (nSPS) is 32.9. The number of hydrogen-bond donors (Lipinski definition) is 1. The molecule has 1 N–H and O–H groups in total. The zero-order valence-corrected chi connectivity index (χ0v) is 11.4. The lowest BCUT2D eigenvalue weighted by atomic mass is 10.1. The van der Waals surface area contributed by atoms with E-state index in [4.69, 9.17) is 10.5 Å². The van der Waals surface area contributed by atoms with Gasteiger partial charge in [0.15, 0.2) is 0 Å². The average Bonchev–Trinajstić information content (AvgIpc) is 3.03. The van der Waals surface area contributed by atoms with Crippen molar-refractivity contribution in [3.8, 4) is 12.1 Å². The van der Waals surface area contributed by atoms with Gasteiger partial charge in [0.2, 0.25) is 5.91 Å². The largest absolute Gasteiger partial charge is 0.323 e. The Balaban J connectivity index is 1.76. The van der Waals surface area contributed by atoms with Gasteiger partial charge >= 0.3 is 0 Å². The summed E-state index contributed by atoms with van der Waals surface area (Å²) in [7, 11) is 0. The maximum Gasteiger partial charge on any atom is 0.237 e. The van der Waals surface area contributed by atoms with Crippen LogP contribution >= 0.6 is 0 Å². The van der Waals surface area contributed by atoms with Crippen molar-refractivity contribution in [3.63, 3.8) is 0 Å². The van der Waals surface area contributed by atoms with Crippen LogP contribution in [-0.4, -0.2) is 42.2 Å². The van der Waals surface area contributed by atoms with Gasteiger partial charge in [-0.05, 0) is 25.2 Å². The van der Waals surface area contributed by atoms with Gasteiger partial charge < -0.3 is 10.2 Å². The first kappa shape index (κ1) is 14.7. The quantitative estimate of drug-likeness (QED) is 0.835. The molecule has 1 heterocycles. The maximum absolute atomic E-state index is 13.3. The first-order valence-electron chi connectivity index (χ1n) is 7.07. The minimum absolute atomic E-state index is 0.0282. The van der Waals surface area contributed by atoms with Crippen molar-refractivity contribution < 1.29 is 9.18 Å². The Bertz CT molecular complexity index is 441. The summed E-state index contributed by atoms with van der Waals surface area (Å²) in [6.45, 7) is 0.176. The number of nitrogens with zero attached hydrogens (tertiary/aromatic N) is 3. The van der Waals surface area contributed by atoms with Crippen LogP contribution in [0.5, 0.6) is 0 Å². The number of amides is 1. The van der Waals surface area contributed by atoms with Gasteiger partial charge in [0, 0.05) is 18.9 Å². The minimum atomic E-state index is -1.09. The van der Waals surface area contributed by atoms with E-state index in [1.165, 1.54) is 4.90 Å². The van der Waals surface area contributed by atoms with E-state index in [2.05, 4.69) is 11.4 Å². The number of likely N-dealkylation sites (tertiary alicyclic amines) is 1. The van der Waals surface area contributed by atoms with E-state index in [0.29, 0.717) is 12.3 Å². The number of nitriles is 2. The summed E-state index contributed by atoms with van der Waals surface area (Å²) in [5.74, 6) is 0.210. The highest BCUT2D eigenvalue weighted by atomic mass is 19.1. The average molecular weight is 278 g/mol. The van der Waals surface area contributed by atoms with Crippen molar-refractivity contribution in [2.24, 2.45) is 5.92 Å². The van der Waals surface area contributed by atoms with Gasteiger partial charge in [-0.25, -0.2) is 4.39 Å². The molecule has 2 fully saturated rings. The molecule has 0 radical (unpaired) electrons. The number of nitrogens with one attached hydrogen (secondary N) is 1. The second-order valence-corrected chi connectivity index (χ2v) is 5.64. The van der Waals surface area contributed by atoms with E-state index in [1.807, 2.05) is 6.07 Å². The van der Waals surface area contributed by atoms with Crippen LogP contribution in [0.15, 0.2) is 0 Å². The smallest absolute Gasteiger partial charge is 0.237 e. The van der Waals surface area contributed by atoms with Gasteiger partial charge in [0.1, 0.15) is 12.2 Å². The molecule has 2 rings (SSSR count). The second kappa shape index (κ2) is 6.67.